The van der Waals surface area contributed by atoms with E-state index in [1.165, 1.54) is 31.2 Å². The van der Waals surface area contributed by atoms with Crippen molar-refractivity contribution in [2.24, 2.45) is 5.73 Å². The molecule has 0 aromatic heterocycles. The first kappa shape index (κ1) is 14.8. The number of aliphatic hydroxyl groups excluding tert-OH is 1. The van der Waals surface area contributed by atoms with Crippen molar-refractivity contribution < 1.29 is 18.6 Å². The molecule has 0 spiro atoms. The zero-order valence-corrected chi connectivity index (χ0v) is 10.5. The molecule has 0 fully saturated rings. The maximum absolute atomic E-state index is 13.7. The number of ether oxygens (including phenoxy) is 1. The Morgan fingerprint density at radius 1 is 1.39 bits per heavy atom. The third-order valence-corrected chi connectivity index (χ3v) is 2.54. The molecule has 3 N–H and O–H groups in total. The highest BCUT2D eigenvalue weighted by atomic mass is 19.1. The Balaban J connectivity index is 2.88. The van der Waals surface area contributed by atoms with Crippen LogP contribution < -0.4 is 10.6 Å². The van der Waals surface area contributed by atoms with E-state index in [4.69, 9.17) is 10.5 Å². The van der Waals surface area contributed by atoms with Gasteiger partial charge in [0.15, 0.2) is 0 Å². The molecule has 1 unspecified atom stereocenters. The van der Waals surface area contributed by atoms with Crippen LogP contribution in [-0.4, -0.2) is 38.5 Å². The van der Waals surface area contributed by atoms with Gasteiger partial charge >= 0.3 is 0 Å². The first-order chi connectivity index (χ1) is 8.49. The van der Waals surface area contributed by atoms with Gasteiger partial charge in [-0.1, -0.05) is 0 Å². The van der Waals surface area contributed by atoms with Gasteiger partial charge in [0, 0.05) is 27.2 Å². The SMILES string of the molecule is COCC(O)CN(C)c1c(F)cc(CN)cc1F. The van der Waals surface area contributed by atoms with Gasteiger partial charge in [0.25, 0.3) is 0 Å². The summed E-state index contributed by atoms with van der Waals surface area (Å²) in [5.74, 6) is -1.38. The lowest BCUT2D eigenvalue weighted by Gasteiger charge is -2.23. The fourth-order valence-electron chi connectivity index (χ4n) is 1.75. The van der Waals surface area contributed by atoms with Gasteiger partial charge in [-0.05, 0) is 17.7 Å². The summed E-state index contributed by atoms with van der Waals surface area (Å²) in [5.41, 5.74) is 5.54. The quantitative estimate of drug-likeness (QED) is 0.796. The van der Waals surface area contributed by atoms with E-state index >= 15 is 0 Å². The second kappa shape index (κ2) is 6.63. The first-order valence-electron chi connectivity index (χ1n) is 5.55. The van der Waals surface area contributed by atoms with Crippen LogP contribution in [0.4, 0.5) is 14.5 Å². The maximum Gasteiger partial charge on any atom is 0.149 e. The van der Waals surface area contributed by atoms with Crippen LogP contribution in [0.1, 0.15) is 5.56 Å². The van der Waals surface area contributed by atoms with Gasteiger partial charge in [0.05, 0.1) is 12.7 Å². The molecule has 1 aromatic carbocycles. The Morgan fingerprint density at radius 2 is 1.94 bits per heavy atom. The molecule has 0 aliphatic carbocycles. The number of likely N-dealkylation sites (N-methyl/N-ethyl adjacent to an activating group) is 1. The lowest BCUT2D eigenvalue weighted by Crippen LogP contribution is -2.33. The Hall–Kier alpha value is -1.24. The Bertz CT molecular complexity index is 379. The first-order valence-corrected chi connectivity index (χ1v) is 5.55. The minimum atomic E-state index is -0.812. The summed E-state index contributed by atoms with van der Waals surface area (Å²) in [6, 6.07) is 2.38. The summed E-state index contributed by atoms with van der Waals surface area (Å²) in [4.78, 5) is 1.31. The van der Waals surface area contributed by atoms with E-state index in [0.29, 0.717) is 5.56 Å². The second-order valence-corrected chi connectivity index (χ2v) is 4.10. The number of rotatable bonds is 6. The van der Waals surface area contributed by atoms with Crippen molar-refractivity contribution in [2.75, 3.05) is 32.2 Å². The van der Waals surface area contributed by atoms with Crippen LogP contribution in [0.5, 0.6) is 0 Å². The molecule has 6 heteroatoms. The molecule has 4 nitrogen and oxygen atoms in total. The van der Waals surface area contributed by atoms with Crippen molar-refractivity contribution in [1.82, 2.24) is 0 Å². The number of hydrogen-bond acceptors (Lipinski definition) is 4. The van der Waals surface area contributed by atoms with Gasteiger partial charge in [-0.3, -0.25) is 0 Å². The number of benzene rings is 1. The van der Waals surface area contributed by atoms with Crippen molar-refractivity contribution in [3.05, 3.63) is 29.3 Å². The summed E-state index contributed by atoms with van der Waals surface area (Å²) in [5, 5.41) is 9.53. The minimum Gasteiger partial charge on any atom is -0.389 e. The number of nitrogens with zero attached hydrogens (tertiary/aromatic N) is 1. The molecular weight excluding hydrogens is 242 g/mol. The lowest BCUT2D eigenvalue weighted by molar-refractivity contribution is 0.0693. The van der Waals surface area contributed by atoms with E-state index in [0.717, 1.165) is 0 Å². The number of nitrogens with two attached hydrogens (primary N) is 1. The molecular formula is C12H18F2N2O2. The number of anilines is 1. The van der Waals surface area contributed by atoms with Gasteiger partial charge in [-0.2, -0.15) is 0 Å². The summed E-state index contributed by atoms with van der Waals surface area (Å²) in [7, 11) is 2.95. The zero-order chi connectivity index (χ0) is 13.7. The van der Waals surface area contributed by atoms with Crippen LogP contribution >= 0.6 is 0 Å². The monoisotopic (exact) mass is 260 g/mol. The van der Waals surface area contributed by atoms with E-state index in [9.17, 15) is 13.9 Å². The summed E-state index contributed by atoms with van der Waals surface area (Å²) in [6.07, 6.45) is -0.812. The molecule has 18 heavy (non-hydrogen) atoms. The largest absolute Gasteiger partial charge is 0.389 e. The van der Waals surface area contributed by atoms with Crippen LogP contribution in [0.2, 0.25) is 0 Å². The highest BCUT2D eigenvalue weighted by molar-refractivity contribution is 5.50. The van der Waals surface area contributed by atoms with E-state index < -0.39 is 17.7 Å². The fourth-order valence-corrected chi connectivity index (χ4v) is 1.75. The van der Waals surface area contributed by atoms with E-state index in [-0.39, 0.29) is 25.4 Å². The third kappa shape index (κ3) is 3.63. The van der Waals surface area contributed by atoms with Crippen molar-refractivity contribution in [2.45, 2.75) is 12.6 Å². The van der Waals surface area contributed by atoms with Crippen molar-refractivity contribution in [3.63, 3.8) is 0 Å². The van der Waals surface area contributed by atoms with E-state index in [2.05, 4.69) is 0 Å². The topological polar surface area (TPSA) is 58.7 Å². The molecule has 1 rings (SSSR count). The average molecular weight is 260 g/mol. The van der Waals surface area contributed by atoms with Crippen molar-refractivity contribution in [1.29, 1.82) is 0 Å². The average Bonchev–Trinajstić information content (AvgIpc) is 2.27. The zero-order valence-electron chi connectivity index (χ0n) is 10.5. The smallest absolute Gasteiger partial charge is 0.149 e. The molecule has 0 heterocycles. The summed E-state index contributed by atoms with van der Waals surface area (Å²) in [6.45, 7) is 0.252. The van der Waals surface area contributed by atoms with Crippen molar-refractivity contribution in [3.8, 4) is 0 Å². The van der Waals surface area contributed by atoms with E-state index in [1.54, 1.807) is 0 Å². The van der Waals surface area contributed by atoms with Crippen LogP contribution in [0.15, 0.2) is 12.1 Å². The predicted octanol–water partition coefficient (Wildman–Crippen LogP) is 0.867. The molecule has 102 valence electrons. The minimum absolute atomic E-state index is 0.0731. The van der Waals surface area contributed by atoms with Gasteiger partial charge < -0.3 is 20.5 Å². The molecule has 0 aliphatic rings. The Labute approximate surface area is 105 Å². The molecule has 0 amide bonds. The fraction of sp³-hybridized carbons (Fsp3) is 0.500. The van der Waals surface area contributed by atoms with Crippen molar-refractivity contribution >= 4 is 5.69 Å². The number of halogens is 2. The Morgan fingerprint density at radius 3 is 2.39 bits per heavy atom. The van der Waals surface area contributed by atoms with Crippen LogP contribution in [0, 0.1) is 11.6 Å². The normalized spacial score (nSPS) is 12.6. The third-order valence-electron chi connectivity index (χ3n) is 2.54. The van der Waals surface area contributed by atoms with Crippen LogP contribution in [-0.2, 0) is 11.3 Å². The van der Waals surface area contributed by atoms with Gasteiger partial charge in [-0.25, -0.2) is 8.78 Å². The molecule has 0 aliphatic heterocycles. The lowest BCUT2D eigenvalue weighted by atomic mass is 10.1. The highest BCUT2D eigenvalue weighted by Gasteiger charge is 2.17. The molecule has 0 bridgehead atoms. The molecule has 1 atom stereocenters. The summed E-state index contributed by atoms with van der Waals surface area (Å²) >= 11 is 0. The molecule has 0 radical (unpaired) electrons. The summed E-state index contributed by atoms with van der Waals surface area (Å²) < 4.78 is 32.2. The standard InChI is InChI=1S/C12H18F2N2O2/c1-16(6-9(17)7-18-2)12-10(13)3-8(5-15)4-11(12)14/h3-4,9,17H,5-7,15H2,1-2H3. The van der Waals surface area contributed by atoms with Crippen LogP contribution in [0.3, 0.4) is 0 Å². The van der Waals surface area contributed by atoms with Gasteiger partial charge in [0.2, 0.25) is 0 Å². The van der Waals surface area contributed by atoms with E-state index in [1.807, 2.05) is 0 Å². The number of methoxy groups -OCH3 is 1. The highest BCUT2D eigenvalue weighted by Crippen LogP contribution is 2.24. The predicted molar refractivity (Wildman–Crippen MR) is 65.4 cm³/mol. The number of aliphatic hydroxyl groups is 1. The maximum atomic E-state index is 13.7. The number of hydrogen-bond donors (Lipinski definition) is 2. The second-order valence-electron chi connectivity index (χ2n) is 4.10. The molecule has 1 aromatic rings. The molecule has 0 saturated carbocycles. The molecule has 0 saturated heterocycles. The van der Waals surface area contributed by atoms with Crippen LogP contribution in [0.25, 0.3) is 0 Å². The van der Waals surface area contributed by atoms with Gasteiger partial charge in [-0.15, -0.1) is 0 Å². The Kier molecular flexibility index (Phi) is 5.46. The van der Waals surface area contributed by atoms with Gasteiger partial charge in [0.1, 0.15) is 17.3 Å².